The Hall–Kier alpha value is -0.580. The molecule has 22 heavy (non-hydrogen) atoms. The van der Waals surface area contributed by atoms with E-state index in [2.05, 4.69) is 37.7 Å². The molecule has 1 fully saturated rings. The minimum atomic E-state index is 0.141. The lowest BCUT2D eigenvalue weighted by molar-refractivity contribution is 0.00542. The van der Waals surface area contributed by atoms with Gasteiger partial charge < -0.3 is 14.4 Å². The highest BCUT2D eigenvalue weighted by molar-refractivity contribution is 5.06. The van der Waals surface area contributed by atoms with E-state index in [1.807, 2.05) is 0 Å². The predicted octanol–water partition coefficient (Wildman–Crippen LogP) is 3.14. The third-order valence-corrected chi connectivity index (χ3v) is 4.36. The first-order valence-electron chi connectivity index (χ1n) is 8.78. The van der Waals surface area contributed by atoms with Gasteiger partial charge in [-0.05, 0) is 58.9 Å². The van der Waals surface area contributed by atoms with Gasteiger partial charge in [0.15, 0.2) is 0 Å². The van der Waals surface area contributed by atoms with Crippen molar-refractivity contribution in [1.82, 2.24) is 9.80 Å². The number of nitrogens with zero attached hydrogens (tertiary/aromatic N) is 2. The van der Waals surface area contributed by atoms with E-state index in [0.29, 0.717) is 6.61 Å². The van der Waals surface area contributed by atoms with Crippen molar-refractivity contribution in [2.24, 2.45) is 0 Å². The van der Waals surface area contributed by atoms with Crippen molar-refractivity contribution in [3.63, 3.8) is 0 Å². The van der Waals surface area contributed by atoms with Crippen molar-refractivity contribution in [1.29, 1.82) is 0 Å². The van der Waals surface area contributed by atoms with Gasteiger partial charge in [-0.15, -0.1) is 0 Å². The Labute approximate surface area is 137 Å². The standard InChI is InChI=1S/C18H36N2O2/c1-6-16(2)18(10-13-19(3)4)22-17(15-21-5)14-20-11-8-7-9-12-20/h17H,6-15H2,1-5H3/b18-16+. The van der Waals surface area contributed by atoms with Gasteiger partial charge in [0, 0.05) is 26.6 Å². The summed E-state index contributed by atoms with van der Waals surface area (Å²) in [4.78, 5) is 4.74. The maximum absolute atomic E-state index is 6.38. The zero-order valence-corrected chi connectivity index (χ0v) is 15.4. The first kappa shape index (κ1) is 19.5. The van der Waals surface area contributed by atoms with Crippen LogP contribution >= 0.6 is 0 Å². The molecule has 1 atom stereocenters. The van der Waals surface area contributed by atoms with Crippen molar-refractivity contribution < 1.29 is 9.47 Å². The lowest BCUT2D eigenvalue weighted by atomic mass is 10.1. The quantitative estimate of drug-likeness (QED) is 0.579. The number of allylic oxidation sites excluding steroid dienone is 1. The molecule has 0 amide bonds. The van der Waals surface area contributed by atoms with Gasteiger partial charge >= 0.3 is 0 Å². The number of likely N-dealkylation sites (tertiary alicyclic amines) is 1. The summed E-state index contributed by atoms with van der Waals surface area (Å²) in [6.45, 7) is 9.46. The van der Waals surface area contributed by atoms with Gasteiger partial charge in [0.05, 0.1) is 12.4 Å². The van der Waals surface area contributed by atoms with E-state index in [1.54, 1.807) is 7.11 Å². The smallest absolute Gasteiger partial charge is 0.134 e. The SMILES string of the molecule is CC/C(C)=C(\CCN(C)C)OC(COC)CN1CCCCC1. The number of ether oxygens (including phenoxy) is 2. The molecule has 0 aliphatic carbocycles. The van der Waals surface area contributed by atoms with Gasteiger partial charge in [-0.3, -0.25) is 4.90 Å². The highest BCUT2D eigenvalue weighted by Crippen LogP contribution is 2.18. The van der Waals surface area contributed by atoms with Gasteiger partial charge in [-0.25, -0.2) is 0 Å². The summed E-state index contributed by atoms with van der Waals surface area (Å²) in [6, 6.07) is 0. The first-order chi connectivity index (χ1) is 10.6. The fraction of sp³-hybridized carbons (Fsp3) is 0.889. The normalized spacial score (nSPS) is 19.2. The second-order valence-electron chi connectivity index (χ2n) is 6.67. The fourth-order valence-electron chi connectivity index (χ4n) is 2.84. The van der Waals surface area contributed by atoms with E-state index in [0.717, 1.165) is 31.7 Å². The Morgan fingerprint density at radius 2 is 1.86 bits per heavy atom. The van der Waals surface area contributed by atoms with Gasteiger partial charge in [-0.2, -0.15) is 0 Å². The Morgan fingerprint density at radius 3 is 2.41 bits per heavy atom. The second kappa shape index (κ2) is 11.0. The summed E-state index contributed by atoms with van der Waals surface area (Å²) >= 11 is 0. The molecule has 1 aliphatic rings. The van der Waals surface area contributed by atoms with E-state index in [-0.39, 0.29) is 6.10 Å². The van der Waals surface area contributed by atoms with E-state index in [1.165, 1.54) is 37.9 Å². The lowest BCUT2D eigenvalue weighted by Gasteiger charge is -2.31. The summed E-state index contributed by atoms with van der Waals surface area (Å²) < 4.78 is 11.8. The molecule has 0 aromatic carbocycles. The van der Waals surface area contributed by atoms with Crippen LogP contribution in [0.15, 0.2) is 11.3 Å². The van der Waals surface area contributed by atoms with Crippen molar-refractivity contribution >= 4 is 0 Å². The molecule has 1 saturated heterocycles. The molecule has 1 unspecified atom stereocenters. The van der Waals surface area contributed by atoms with Crippen molar-refractivity contribution in [2.75, 3.05) is 54.0 Å². The monoisotopic (exact) mass is 312 g/mol. The van der Waals surface area contributed by atoms with Crippen LogP contribution in [0, 0.1) is 0 Å². The van der Waals surface area contributed by atoms with Gasteiger partial charge in [-0.1, -0.05) is 13.3 Å². The zero-order chi connectivity index (χ0) is 16.4. The third kappa shape index (κ3) is 7.61. The molecule has 1 aliphatic heterocycles. The van der Waals surface area contributed by atoms with E-state index < -0.39 is 0 Å². The van der Waals surface area contributed by atoms with Gasteiger partial charge in [0.2, 0.25) is 0 Å². The Bertz CT molecular complexity index is 323. The third-order valence-electron chi connectivity index (χ3n) is 4.36. The van der Waals surface area contributed by atoms with Crippen LogP contribution in [0.5, 0.6) is 0 Å². The summed E-state index contributed by atoms with van der Waals surface area (Å²) in [6.07, 6.45) is 6.17. The molecule has 0 saturated carbocycles. The second-order valence-corrected chi connectivity index (χ2v) is 6.67. The Balaban J connectivity index is 2.62. The highest BCUT2D eigenvalue weighted by atomic mass is 16.5. The molecule has 0 radical (unpaired) electrons. The molecule has 0 spiro atoms. The average Bonchev–Trinajstić information content (AvgIpc) is 2.51. The van der Waals surface area contributed by atoms with Crippen LogP contribution in [0.4, 0.5) is 0 Å². The summed E-state index contributed by atoms with van der Waals surface area (Å²) in [5.74, 6) is 1.16. The molecule has 4 nitrogen and oxygen atoms in total. The summed E-state index contributed by atoms with van der Waals surface area (Å²) in [5.41, 5.74) is 1.36. The molecular formula is C18H36N2O2. The number of rotatable bonds is 10. The van der Waals surface area contributed by atoms with Crippen LogP contribution in [0.1, 0.15) is 46.0 Å². The van der Waals surface area contributed by atoms with Crippen LogP contribution in [-0.4, -0.2) is 69.9 Å². The molecule has 0 aromatic heterocycles. The number of hydrogen-bond acceptors (Lipinski definition) is 4. The van der Waals surface area contributed by atoms with E-state index in [9.17, 15) is 0 Å². The van der Waals surface area contributed by atoms with E-state index in [4.69, 9.17) is 9.47 Å². The van der Waals surface area contributed by atoms with Gasteiger partial charge in [0.25, 0.3) is 0 Å². The van der Waals surface area contributed by atoms with Crippen molar-refractivity contribution in [2.45, 2.75) is 52.1 Å². The van der Waals surface area contributed by atoms with Crippen LogP contribution in [0.3, 0.4) is 0 Å². The van der Waals surface area contributed by atoms with E-state index >= 15 is 0 Å². The maximum Gasteiger partial charge on any atom is 0.134 e. The molecule has 0 N–H and O–H groups in total. The lowest BCUT2D eigenvalue weighted by Crippen LogP contribution is -2.39. The molecule has 1 heterocycles. The van der Waals surface area contributed by atoms with Crippen molar-refractivity contribution in [3.8, 4) is 0 Å². The highest BCUT2D eigenvalue weighted by Gasteiger charge is 2.19. The van der Waals surface area contributed by atoms with Crippen LogP contribution < -0.4 is 0 Å². The molecule has 130 valence electrons. The van der Waals surface area contributed by atoms with Crippen LogP contribution in [0.2, 0.25) is 0 Å². The van der Waals surface area contributed by atoms with Crippen LogP contribution in [0.25, 0.3) is 0 Å². The first-order valence-corrected chi connectivity index (χ1v) is 8.78. The van der Waals surface area contributed by atoms with Gasteiger partial charge in [0.1, 0.15) is 6.10 Å². The molecular weight excluding hydrogens is 276 g/mol. The molecule has 1 rings (SSSR count). The number of methoxy groups -OCH3 is 1. The topological polar surface area (TPSA) is 24.9 Å². The zero-order valence-electron chi connectivity index (χ0n) is 15.4. The van der Waals surface area contributed by atoms with Crippen molar-refractivity contribution in [3.05, 3.63) is 11.3 Å². The molecule has 0 aromatic rings. The summed E-state index contributed by atoms with van der Waals surface area (Å²) in [5, 5.41) is 0. The average molecular weight is 312 g/mol. The minimum Gasteiger partial charge on any atom is -0.491 e. The fourth-order valence-corrected chi connectivity index (χ4v) is 2.84. The number of piperidine rings is 1. The maximum atomic E-state index is 6.38. The largest absolute Gasteiger partial charge is 0.491 e. The Kier molecular flexibility index (Phi) is 9.76. The summed E-state index contributed by atoms with van der Waals surface area (Å²) in [7, 11) is 5.99. The number of hydrogen-bond donors (Lipinski definition) is 0. The van der Waals surface area contributed by atoms with Crippen LogP contribution in [-0.2, 0) is 9.47 Å². The Morgan fingerprint density at radius 1 is 1.18 bits per heavy atom. The predicted molar refractivity (Wildman–Crippen MR) is 93.2 cm³/mol. The molecule has 4 heteroatoms. The molecule has 0 bridgehead atoms. The minimum absolute atomic E-state index is 0.141.